The van der Waals surface area contributed by atoms with Gasteiger partial charge in [-0.2, -0.15) is 0 Å². The van der Waals surface area contributed by atoms with Gasteiger partial charge in [0.25, 0.3) is 0 Å². The minimum atomic E-state index is -0.0775. The molecule has 0 aliphatic rings. The lowest BCUT2D eigenvalue weighted by atomic mass is 10.2. The van der Waals surface area contributed by atoms with E-state index in [-0.39, 0.29) is 5.91 Å². The van der Waals surface area contributed by atoms with Crippen molar-refractivity contribution in [3.8, 4) is 0 Å². The van der Waals surface area contributed by atoms with Crippen molar-refractivity contribution >= 4 is 55.7 Å². The van der Waals surface area contributed by atoms with Gasteiger partial charge in [0.2, 0.25) is 5.91 Å². The van der Waals surface area contributed by atoms with Crippen LogP contribution in [0, 0.1) is 13.8 Å². The summed E-state index contributed by atoms with van der Waals surface area (Å²) >= 11 is 4.49. The van der Waals surface area contributed by atoms with Crippen molar-refractivity contribution in [1.82, 2.24) is 15.0 Å². The zero-order chi connectivity index (χ0) is 14.8. The molecule has 1 amide bonds. The molecule has 0 aromatic carbocycles. The number of carbonyl (C=O) groups is 1. The summed E-state index contributed by atoms with van der Waals surface area (Å²) < 4.78 is 0. The number of hydrogen-bond acceptors (Lipinski definition) is 7. The smallest absolute Gasteiger partial charge is 0.236 e. The number of hydrogen-bond donors (Lipinski definition) is 1. The Hall–Kier alpha value is -1.51. The first-order valence-corrected chi connectivity index (χ1v) is 8.86. The van der Waals surface area contributed by atoms with E-state index in [1.807, 2.05) is 5.38 Å². The van der Waals surface area contributed by atoms with Gasteiger partial charge in [-0.3, -0.25) is 4.79 Å². The van der Waals surface area contributed by atoms with Crippen LogP contribution < -0.4 is 5.32 Å². The Kier molecular flexibility index (Phi) is 4.18. The maximum Gasteiger partial charge on any atom is 0.236 e. The third-order valence-corrected chi connectivity index (χ3v) is 5.74. The Bertz CT molecular complexity index is 782. The molecule has 0 bridgehead atoms. The standard InChI is InChI=1S/C13H12N4OS3/c1-7-8(2)21-12-10(7)11(15-6-16-12)20-5-9(18)17-13-14-3-4-19-13/h3-4,6H,5H2,1-2H3,(H,14,17,18). The second-order valence-corrected chi connectivity index (χ2v) is 7.38. The fourth-order valence-electron chi connectivity index (χ4n) is 1.83. The lowest BCUT2D eigenvalue weighted by Gasteiger charge is -2.03. The zero-order valence-corrected chi connectivity index (χ0v) is 13.9. The SMILES string of the molecule is Cc1sc2ncnc(SCC(=O)Nc3nccs3)c2c1C. The van der Waals surface area contributed by atoms with Gasteiger partial charge < -0.3 is 5.32 Å². The molecule has 0 saturated carbocycles. The van der Waals surface area contributed by atoms with Crippen molar-refractivity contribution in [2.24, 2.45) is 0 Å². The van der Waals surface area contributed by atoms with Crippen LogP contribution in [0.2, 0.25) is 0 Å². The van der Waals surface area contributed by atoms with Gasteiger partial charge in [-0.25, -0.2) is 15.0 Å². The predicted octanol–water partition coefficient (Wildman–Crippen LogP) is 3.50. The second-order valence-electron chi connectivity index (χ2n) is 4.32. The van der Waals surface area contributed by atoms with Gasteiger partial charge in [-0.1, -0.05) is 11.8 Å². The Balaban J connectivity index is 1.75. The van der Waals surface area contributed by atoms with Gasteiger partial charge in [0.05, 0.1) is 5.75 Å². The second kappa shape index (κ2) is 6.08. The number of aryl methyl sites for hydroxylation is 2. The molecule has 0 aliphatic heterocycles. The largest absolute Gasteiger partial charge is 0.301 e. The van der Waals surface area contributed by atoms with Crippen molar-refractivity contribution in [3.63, 3.8) is 0 Å². The van der Waals surface area contributed by atoms with Crippen LogP contribution >= 0.6 is 34.4 Å². The average molecular weight is 336 g/mol. The first-order chi connectivity index (χ1) is 10.1. The summed E-state index contributed by atoms with van der Waals surface area (Å²) in [5, 5.41) is 7.14. The molecule has 0 saturated heterocycles. The molecule has 3 rings (SSSR count). The van der Waals surface area contributed by atoms with Crippen LogP contribution in [0.3, 0.4) is 0 Å². The van der Waals surface area contributed by atoms with E-state index in [4.69, 9.17) is 0 Å². The van der Waals surface area contributed by atoms with E-state index < -0.39 is 0 Å². The molecule has 3 heterocycles. The van der Waals surface area contributed by atoms with E-state index in [0.29, 0.717) is 10.9 Å². The van der Waals surface area contributed by atoms with Crippen LogP contribution in [0.15, 0.2) is 22.9 Å². The molecular formula is C13H12N4OS3. The molecule has 0 fully saturated rings. The summed E-state index contributed by atoms with van der Waals surface area (Å²) in [6.07, 6.45) is 3.22. The summed E-state index contributed by atoms with van der Waals surface area (Å²) in [6.45, 7) is 4.14. The maximum atomic E-state index is 11.9. The molecule has 8 heteroatoms. The van der Waals surface area contributed by atoms with Crippen molar-refractivity contribution in [2.45, 2.75) is 18.9 Å². The Labute approximate surface area is 133 Å². The molecule has 1 N–H and O–H groups in total. The number of thiophene rings is 1. The van der Waals surface area contributed by atoms with E-state index >= 15 is 0 Å². The summed E-state index contributed by atoms with van der Waals surface area (Å²) in [5.41, 5.74) is 1.19. The Morgan fingerprint density at radius 3 is 2.95 bits per heavy atom. The number of nitrogens with one attached hydrogen (secondary N) is 1. The van der Waals surface area contributed by atoms with Crippen LogP contribution in [-0.4, -0.2) is 26.6 Å². The van der Waals surface area contributed by atoms with Gasteiger partial charge in [0.15, 0.2) is 5.13 Å². The molecular weight excluding hydrogens is 324 g/mol. The number of aromatic nitrogens is 3. The molecule has 0 spiro atoms. The van der Waals surface area contributed by atoms with E-state index in [2.05, 4.69) is 34.1 Å². The highest BCUT2D eigenvalue weighted by Gasteiger charge is 2.14. The fraction of sp³-hybridized carbons (Fsp3) is 0.231. The number of amides is 1. The number of thiazole rings is 1. The molecule has 21 heavy (non-hydrogen) atoms. The van der Waals surface area contributed by atoms with Crippen LogP contribution in [0.1, 0.15) is 10.4 Å². The third-order valence-electron chi connectivity index (χ3n) is 2.95. The van der Waals surface area contributed by atoms with Gasteiger partial charge in [-0.15, -0.1) is 22.7 Å². The van der Waals surface area contributed by atoms with E-state index in [0.717, 1.165) is 15.2 Å². The number of fused-ring (bicyclic) bond motifs is 1. The van der Waals surface area contributed by atoms with Gasteiger partial charge in [-0.05, 0) is 19.4 Å². The highest BCUT2D eigenvalue weighted by atomic mass is 32.2. The van der Waals surface area contributed by atoms with Crippen molar-refractivity contribution in [1.29, 1.82) is 0 Å². The molecule has 3 aromatic rings. The highest BCUT2D eigenvalue weighted by molar-refractivity contribution is 8.00. The van der Waals surface area contributed by atoms with Gasteiger partial charge >= 0.3 is 0 Å². The molecule has 5 nitrogen and oxygen atoms in total. The van der Waals surface area contributed by atoms with Gasteiger partial charge in [0, 0.05) is 21.8 Å². The average Bonchev–Trinajstić information content (AvgIpc) is 3.06. The molecule has 3 aromatic heterocycles. The molecule has 0 atom stereocenters. The minimum absolute atomic E-state index is 0.0775. The lowest BCUT2D eigenvalue weighted by molar-refractivity contribution is -0.113. The monoisotopic (exact) mass is 336 g/mol. The van der Waals surface area contributed by atoms with Gasteiger partial charge in [0.1, 0.15) is 16.2 Å². The Morgan fingerprint density at radius 2 is 2.19 bits per heavy atom. The van der Waals surface area contributed by atoms with Crippen LogP contribution in [0.25, 0.3) is 10.2 Å². The third kappa shape index (κ3) is 3.07. The zero-order valence-electron chi connectivity index (χ0n) is 11.4. The maximum absolute atomic E-state index is 11.9. The first-order valence-electron chi connectivity index (χ1n) is 6.18. The van der Waals surface area contributed by atoms with Crippen molar-refractivity contribution in [2.75, 3.05) is 11.1 Å². The Morgan fingerprint density at radius 1 is 1.33 bits per heavy atom. The topological polar surface area (TPSA) is 67.8 Å². The summed E-state index contributed by atoms with van der Waals surface area (Å²) in [6, 6.07) is 0. The molecule has 0 unspecified atom stereocenters. The van der Waals surface area contributed by atoms with E-state index in [1.54, 1.807) is 23.9 Å². The summed E-state index contributed by atoms with van der Waals surface area (Å²) in [4.78, 5) is 26.8. The number of nitrogens with zero attached hydrogens (tertiary/aromatic N) is 3. The van der Waals surface area contributed by atoms with E-state index in [9.17, 15) is 4.79 Å². The van der Waals surface area contributed by atoms with Crippen molar-refractivity contribution < 1.29 is 4.79 Å². The highest BCUT2D eigenvalue weighted by Crippen LogP contribution is 2.34. The van der Waals surface area contributed by atoms with E-state index in [1.165, 1.54) is 33.5 Å². The quantitative estimate of drug-likeness (QED) is 0.583. The van der Waals surface area contributed by atoms with Crippen LogP contribution in [0.5, 0.6) is 0 Å². The van der Waals surface area contributed by atoms with Crippen LogP contribution in [-0.2, 0) is 4.79 Å². The number of rotatable bonds is 4. The first kappa shape index (κ1) is 14.4. The predicted molar refractivity (Wildman–Crippen MR) is 88.4 cm³/mol. The normalized spacial score (nSPS) is 11.0. The molecule has 0 radical (unpaired) electrons. The van der Waals surface area contributed by atoms with Crippen LogP contribution in [0.4, 0.5) is 5.13 Å². The number of thioether (sulfide) groups is 1. The molecule has 108 valence electrons. The summed E-state index contributed by atoms with van der Waals surface area (Å²) in [7, 11) is 0. The number of carbonyl (C=O) groups excluding carboxylic acids is 1. The number of anilines is 1. The molecule has 0 aliphatic carbocycles. The van der Waals surface area contributed by atoms with Crippen molar-refractivity contribution in [3.05, 3.63) is 28.3 Å². The summed E-state index contributed by atoms with van der Waals surface area (Å²) in [5.74, 6) is 0.228. The fourth-order valence-corrected chi connectivity index (χ4v) is 4.30. The lowest BCUT2D eigenvalue weighted by Crippen LogP contribution is -2.13. The minimum Gasteiger partial charge on any atom is -0.301 e.